The summed E-state index contributed by atoms with van der Waals surface area (Å²) in [5, 5.41) is 0. The molecule has 0 saturated heterocycles. The molecule has 2 unspecified atom stereocenters. The van der Waals surface area contributed by atoms with Gasteiger partial charge in [0.15, 0.2) is 0 Å². The maximum absolute atomic E-state index is 11.6. The topological polar surface area (TPSA) is 49.6 Å². The van der Waals surface area contributed by atoms with Crippen LogP contribution < -0.4 is 5.73 Å². The Morgan fingerprint density at radius 1 is 1.33 bits per heavy atom. The summed E-state index contributed by atoms with van der Waals surface area (Å²) in [5.74, 6) is 0.139. The van der Waals surface area contributed by atoms with Gasteiger partial charge in [-0.1, -0.05) is 6.92 Å². The largest absolute Gasteiger partial charge is 0.349 e. The van der Waals surface area contributed by atoms with Crippen molar-refractivity contribution >= 4 is 5.91 Å². The third-order valence-corrected chi connectivity index (χ3v) is 3.04. The van der Waals surface area contributed by atoms with E-state index < -0.39 is 0 Å². The van der Waals surface area contributed by atoms with Crippen molar-refractivity contribution in [2.24, 2.45) is 5.73 Å². The molecule has 0 radical (unpaired) electrons. The van der Waals surface area contributed by atoms with E-state index in [2.05, 4.69) is 18.7 Å². The lowest BCUT2D eigenvalue weighted by Crippen LogP contribution is -2.45. The highest BCUT2D eigenvalue weighted by Gasteiger charge is 2.20. The molecule has 0 aromatic heterocycles. The predicted molar refractivity (Wildman–Crippen MR) is 63.7 cm³/mol. The van der Waals surface area contributed by atoms with E-state index in [1.807, 2.05) is 7.05 Å². The van der Waals surface area contributed by atoms with Crippen LogP contribution in [0.25, 0.3) is 0 Å². The standard InChI is InChI=1S/C11H25N3O/c1-6-9(2)14(5)10(8-12)7-11(15)13(3)4/h9-10H,6-8,12H2,1-5H3. The fraction of sp³-hybridized carbons (Fsp3) is 0.909. The van der Waals surface area contributed by atoms with Crippen molar-refractivity contribution in [2.45, 2.75) is 38.8 Å². The summed E-state index contributed by atoms with van der Waals surface area (Å²) >= 11 is 0. The second-order valence-corrected chi connectivity index (χ2v) is 4.30. The van der Waals surface area contributed by atoms with Crippen LogP contribution in [-0.4, -0.2) is 55.5 Å². The van der Waals surface area contributed by atoms with Crippen LogP contribution in [0.3, 0.4) is 0 Å². The minimum atomic E-state index is 0.139. The highest BCUT2D eigenvalue weighted by atomic mass is 16.2. The number of likely N-dealkylation sites (N-methyl/N-ethyl adjacent to an activating group) is 1. The van der Waals surface area contributed by atoms with E-state index in [9.17, 15) is 4.79 Å². The summed E-state index contributed by atoms with van der Waals surface area (Å²) in [6, 6.07) is 0.614. The molecule has 0 fully saturated rings. The van der Waals surface area contributed by atoms with Crippen LogP contribution in [-0.2, 0) is 4.79 Å². The summed E-state index contributed by atoms with van der Waals surface area (Å²) in [5.41, 5.74) is 5.70. The van der Waals surface area contributed by atoms with Gasteiger partial charge in [-0.05, 0) is 20.4 Å². The number of hydrogen-bond donors (Lipinski definition) is 1. The number of carbonyl (C=O) groups excluding carboxylic acids is 1. The Balaban J connectivity index is 4.30. The Bertz CT molecular complexity index is 194. The van der Waals surface area contributed by atoms with Gasteiger partial charge >= 0.3 is 0 Å². The van der Waals surface area contributed by atoms with Crippen molar-refractivity contribution in [1.29, 1.82) is 0 Å². The lowest BCUT2D eigenvalue weighted by molar-refractivity contribution is -0.130. The fourth-order valence-electron chi connectivity index (χ4n) is 1.43. The van der Waals surface area contributed by atoms with Crippen LogP contribution >= 0.6 is 0 Å². The molecule has 0 saturated carbocycles. The molecule has 0 bridgehead atoms. The zero-order valence-electron chi connectivity index (χ0n) is 10.7. The van der Waals surface area contributed by atoms with Gasteiger partial charge in [0.05, 0.1) is 0 Å². The molecule has 0 aliphatic carbocycles. The average Bonchev–Trinajstić information content (AvgIpc) is 2.23. The Kier molecular flexibility index (Phi) is 6.52. The maximum Gasteiger partial charge on any atom is 0.223 e. The van der Waals surface area contributed by atoms with Crippen molar-refractivity contribution in [3.8, 4) is 0 Å². The molecule has 0 aromatic carbocycles. The van der Waals surface area contributed by atoms with Gasteiger partial charge in [0.2, 0.25) is 5.91 Å². The Labute approximate surface area is 93.4 Å². The molecule has 0 aliphatic rings. The van der Waals surface area contributed by atoms with Crippen molar-refractivity contribution in [2.75, 3.05) is 27.7 Å². The molecule has 0 aromatic rings. The summed E-state index contributed by atoms with van der Waals surface area (Å²) in [7, 11) is 5.59. The van der Waals surface area contributed by atoms with Crippen LogP contribution in [0.15, 0.2) is 0 Å². The number of nitrogens with zero attached hydrogens (tertiary/aromatic N) is 2. The predicted octanol–water partition coefficient (Wildman–Crippen LogP) is 0.522. The minimum Gasteiger partial charge on any atom is -0.349 e. The lowest BCUT2D eigenvalue weighted by atomic mass is 10.1. The number of hydrogen-bond acceptors (Lipinski definition) is 3. The summed E-state index contributed by atoms with van der Waals surface area (Å²) in [6.07, 6.45) is 1.58. The lowest BCUT2D eigenvalue weighted by Gasteiger charge is -2.32. The van der Waals surface area contributed by atoms with Gasteiger partial charge in [-0.2, -0.15) is 0 Å². The van der Waals surface area contributed by atoms with Crippen LogP contribution in [0.4, 0.5) is 0 Å². The van der Waals surface area contributed by atoms with Gasteiger partial charge in [-0.25, -0.2) is 0 Å². The molecular weight excluding hydrogens is 190 g/mol. The molecule has 1 amide bonds. The van der Waals surface area contributed by atoms with Crippen molar-refractivity contribution in [3.05, 3.63) is 0 Å². The summed E-state index contributed by atoms with van der Waals surface area (Å²) in [6.45, 7) is 4.83. The normalized spacial score (nSPS) is 15.1. The monoisotopic (exact) mass is 215 g/mol. The van der Waals surface area contributed by atoms with E-state index in [0.29, 0.717) is 19.0 Å². The van der Waals surface area contributed by atoms with Gasteiger partial charge < -0.3 is 10.6 Å². The fourth-order valence-corrected chi connectivity index (χ4v) is 1.43. The smallest absolute Gasteiger partial charge is 0.223 e. The van der Waals surface area contributed by atoms with Gasteiger partial charge in [-0.3, -0.25) is 9.69 Å². The van der Waals surface area contributed by atoms with E-state index in [4.69, 9.17) is 5.73 Å². The maximum atomic E-state index is 11.6. The highest BCUT2D eigenvalue weighted by Crippen LogP contribution is 2.09. The van der Waals surface area contributed by atoms with Gasteiger partial charge in [0, 0.05) is 39.1 Å². The van der Waals surface area contributed by atoms with Gasteiger partial charge in [-0.15, -0.1) is 0 Å². The van der Waals surface area contributed by atoms with Crippen LogP contribution in [0, 0.1) is 0 Å². The van der Waals surface area contributed by atoms with Crippen LogP contribution in [0.5, 0.6) is 0 Å². The molecule has 0 rings (SSSR count). The minimum absolute atomic E-state index is 0.139. The van der Waals surface area contributed by atoms with E-state index in [0.717, 1.165) is 6.42 Å². The zero-order chi connectivity index (χ0) is 12.0. The molecular formula is C11H25N3O. The molecule has 0 heterocycles. The number of amides is 1. The first kappa shape index (κ1) is 14.4. The molecule has 4 nitrogen and oxygen atoms in total. The van der Waals surface area contributed by atoms with E-state index in [1.165, 1.54) is 0 Å². The van der Waals surface area contributed by atoms with Crippen molar-refractivity contribution in [3.63, 3.8) is 0 Å². The van der Waals surface area contributed by atoms with Gasteiger partial charge in [0.25, 0.3) is 0 Å². The first-order chi connectivity index (χ1) is 6.93. The third-order valence-electron chi connectivity index (χ3n) is 3.04. The van der Waals surface area contributed by atoms with Crippen molar-refractivity contribution in [1.82, 2.24) is 9.80 Å². The molecule has 15 heavy (non-hydrogen) atoms. The molecule has 2 atom stereocenters. The number of carbonyl (C=O) groups is 1. The van der Waals surface area contributed by atoms with Crippen LogP contribution in [0.2, 0.25) is 0 Å². The SMILES string of the molecule is CCC(C)N(C)C(CN)CC(=O)N(C)C. The number of nitrogens with two attached hydrogens (primary N) is 1. The van der Waals surface area contributed by atoms with E-state index in [1.54, 1.807) is 19.0 Å². The Hall–Kier alpha value is -0.610. The molecule has 90 valence electrons. The average molecular weight is 215 g/mol. The zero-order valence-corrected chi connectivity index (χ0v) is 10.7. The number of rotatable bonds is 6. The molecule has 4 heteroatoms. The summed E-state index contributed by atoms with van der Waals surface area (Å²) in [4.78, 5) is 15.4. The Morgan fingerprint density at radius 2 is 1.87 bits per heavy atom. The molecule has 2 N–H and O–H groups in total. The third kappa shape index (κ3) is 4.62. The summed E-state index contributed by atoms with van der Waals surface area (Å²) < 4.78 is 0. The second kappa shape index (κ2) is 6.80. The second-order valence-electron chi connectivity index (χ2n) is 4.30. The van der Waals surface area contributed by atoms with E-state index >= 15 is 0 Å². The van der Waals surface area contributed by atoms with Gasteiger partial charge in [0.1, 0.15) is 0 Å². The highest BCUT2D eigenvalue weighted by molar-refractivity contribution is 5.76. The van der Waals surface area contributed by atoms with E-state index in [-0.39, 0.29) is 11.9 Å². The first-order valence-electron chi connectivity index (χ1n) is 5.56. The first-order valence-corrected chi connectivity index (χ1v) is 5.56. The van der Waals surface area contributed by atoms with Crippen LogP contribution in [0.1, 0.15) is 26.7 Å². The molecule has 0 spiro atoms. The molecule has 0 aliphatic heterocycles. The Morgan fingerprint density at radius 3 is 2.20 bits per heavy atom. The van der Waals surface area contributed by atoms with Crippen molar-refractivity contribution < 1.29 is 4.79 Å². The quantitative estimate of drug-likeness (QED) is 0.703.